The average molecular weight is 1760 g/mol. The van der Waals surface area contributed by atoms with Gasteiger partial charge in [-0.05, 0) is 249 Å². The second-order valence-electron chi connectivity index (χ2n) is 35.2. The fourth-order valence-electron chi connectivity index (χ4n) is 23.3. The highest BCUT2D eigenvalue weighted by atomic mass is 32.2. The number of anilines is 6. The lowest BCUT2D eigenvalue weighted by atomic mass is 9.65. The smallest absolute Gasteiger partial charge is 0.137 e. The van der Waals surface area contributed by atoms with Crippen LogP contribution in [0.4, 0.5) is 34.1 Å². The molecular formula is C123H75N3O2S4. The molecule has 0 radical (unpaired) electrons. The van der Waals surface area contributed by atoms with Crippen LogP contribution in [0.1, 0.15) is 66.8 Å². The summed E-state index contributed by atoms with van der Waals surface area (Å²) in [5.41, 5.74) is 30.5. The quantitative estimate of drug-likeness (QED) is 0.153. The molecule has 6 aliphatic rings. The Morgan fingerprint density at radius 2 is 0.629 bits per heavy atom. The molecule has 3 spiro atoms. The summed E-state index contributed by atoms with van der Waals surface area (Å²) in [6.45, 7) is 0. The maximum atomic E-state index is 6.78. The van der Waals surface area contributed by atoms with E-state index in [1.54, 1.807) is 0 Å². The summed E-state index contributed by atoms with van der Waals surface area (Å²) in [5.74, 6) is 1.77. The van der Waals surface area contributed by atoms with Gasteiger partial charge in [0.2, 0.25) is 0 Å². The van der Waals surface area contributed by atoms with E-state index in [2.05, 4.69) is 428 Å². The molecule has 0 amide bonds. The van der Waals surface area contributed by atoms with E-state index in [9.17, 15) is 0 Å². The summed E-state index contributed by atoms with van der Waals surface area (Å²) >= 11 is 7.52. The van der Waals surface area contributed by atoms with Crippen molar-refractivity contribution in [3.8, 4) is 44.9 Å². The average Bonchev–Trinajstić information content (AvgIpc) is 1.49. The lowest BCUT2D eigenvalue weighted by molar-refractivity contribution is 0.437. The van der Waals surface area contributed by atoms with Gasteiger partial charge in [0.1, 0.15) is 22.7 Å². The van der Waals surface area contributed by atoms with Crippen molar-refractivity contribution in [3.05, 3.63) is 504 Å². The number of hydrogen-bond acceptors (Lipinski definition) is 9. The number of benzene rings is 21. The third kappa shape index (κ3) is 10.9. The zero-order valence-electron chi connectivity index (χ0n) is 71.0. The summed E-state index contributed by atoms with van der Waals surface area (Å²) in [5, 5.41) is 26.6. The summed E-state index contributed by atoms with van der Waals surface area (Å²) in [6, 6.07) is 160. The topological polar surface area (TPSA) is 58.5 Å². The van der Waals surface area contributed by atoms with Crippen molar-refractivity contribution in [1.29, 1.82) is 0 Å². The molecule has 132 heavy (non-hydrogen) atoms. The van der Waals surface area contributed by atoms with Crippen molar-refractivity contribution >= 4 is 175 Å². The van der Waals surface area contributed by atoms with E-state index >= 15 is 0 Å². The van der Waals surface area contributed by atoms with Crippen molar-refractivity contribution in [1.82, 2.24) is 0 Å². The van der Waals surface area contributed by atoms with E-state index in [0.29, 0.717) is 0 Å². The lowest BCUT2D eigenvalue weighted by Gasteiger charge is -2.41. The van der Waals surface area contributed by atoms with Crippen LogP contribution in [-0.2, 0) is 16.2 Å². The molecule has 0 saturated heterocycles. The van der Waals surface area contributed by atoms with E-state index in [1.165, 1.54) is 187 Å². The van der Waals surface area contributed by atoms with Gasteiger partial charge in [-0.3, -0.25) is 0 Å². The molecule has 3 aliphatic carbocycles. The summed E-state index contributed by atoms with van der Waals surface area (Å²) < 4.78 is 18.2. The first-order valence-corrected chi connectivity index (χ1v) is 48.3. The van der Waals surface area contributed by atoms with Crippen LogP contribution in [0.5, 0.6) is 11.5 Å². The highest BCUT2D eigenvalue weighted by molar-refractivity contribution is 7.99. The summed E-state index contributed by atoms with van der Waals surface area (Å²) in [4.78, 5) is 5.26. The molecule has 21 aromatic carbocycles. The van der Waals surface area contributed by atoms with Gasteiger partial charge in [-0.15, -0.1) is 22.7 Å². The monoisotopic (exact) mass is 1750 g/mol. The highest BCUT2D eigenvalue weighted by Crippen LogP contribution is 2.68. The minimum atomic E-state index is -0.536. The van der Waals surface area contributed by atoms with Gasteiger partial charge >= 0.3 is 0 Å². The Morgan fingerprint density at radius 1 is 0.212 bits per heavy atom. The second-order valence-corrected chi connectivity index (χ2v) is 39.5. The van der Waals surface area contributed by atoms with Gasteiger partial charge in [-0.25, -0.2) is 0 Å². The second kappa shape index (κ2) is 29.3. The van der Waals surface area contributed by atoms with E-state index < -0.39 is 16.2 Å². The maximum Gasteiger partial charge on any atom is 0.137 e. The fraction of sp³-hybridized carbons (Fsp3) is 0.0244. The normalized spacial score (nSPS) is 14.7. The van der Waals surface area contributed by atoms with Crippen LogP contribution < -0.4 is 20.7 Å². The molecule has 24 aromatic rings. The Labute approximate surface area is 778 Å². The van der Waals surface area contributed by atoms with Gasteiger partial charge in [0.25, 0.3) is 0 Å². The van der Waals surface area contributed by atoms with Crippen molar-refractivity contribution in [2.75, 3.05) is 16.0 Å². The zero-order valence-corrected chi connectivity index (χ0v) is 74.3. The zero-order chi connectivity index (χ0) is 86.5. The molecular weight excluding hydrogens is 1680 g/mol. The molecule has 618 valence electrons. The van der Waals surface area contributed by atoms with Crippen LogP contribution >= 0.6 is 46.2 Å². The molecule has 0 saturated carbocycles. The molecule has 3 aliphatic heterocycles. The van der Waals surface area contributed by atoms with Gasteiger partial charge in [0, 0.05) is 110 Å². The number of ether oxygens (including phenoxy) is 1. The van der Waals surface area contributed by atoms with Gasteiger partial charge in [0.05, 0.1) is 27.3 Å². The molecule has 0 bridgehead atoms. The third-order valence-corrected chi connectivity index (χ3v) is 33.0. The standard InChI is InChI=1S/C41H25NO2.2C41H25NS2/c2*1-2-11-26-23-39-33(22-25(26)10-1)41(31-15-6-3-12-28(31)29-13-4-7-16-32(29)41)34-24-27(20-21-37(34)44-39)42-35-17-9-19-38-40(35)30-14-5-8-18-36(30)43-38;1-2-12-26-25(11-1)23-24-31-38(26)27-13-3-5-15-29(27)41(31)30-16-6-8-20-35(30)44-37-22-10-18-33(40(37)41)42-32-17-9-21-36-39(32)28-14-4-7-19-34(28)43-36/h3*1-24,42H. The number of nitrogens with one attached hydrogen (secondary N) is 3. The summed E-state index contributed by atoms with van der Waals surface area (Å²) in [6.07, 6.45) is 0. The minimum absolute atomic E-state index is 0.411. The highest BCUT2D eigenvalue weighted by Gasteiger charge is 2.55. The Hall–Kier alpha value is -15.5. The molecule has 6 heterocycles. The van der Waals surface area contributed by atoms with E-state index in [0.717, 1.165) is 73.1 Å². The van der Waals surface area contributed by atoms with Crippen LogP contribution in [-0.4, -0.2) is 0 Å². The van der Waals surface area contributed by atoms with Gasteiger partial charge in [-0.1, -0.05) is 327 Å². The van der Waals surface area contributed by atoms with Gasteiger partial charge in [-0.2, -0.15) is 0 Å². The van der Waals surface area contributed by atoms with Crippen LogP contribution in [0.2, 0.25) is 0 Å². The van der Waals surface area contributed by atoms with Crippen molar-refractivity contribution in [2.24, 2.45) is 0 Å². The van der Waals surface area contributed by atoms with Crippen LogP contribution in [0.25, 0.3) is 128 Å². The first-order valence-electron chi connectivity index (χ1n) is 45.0. The first-order chi connectivity index (χ1) is 65.4. The molecule has 5 nitrogen and oxygen atoms in total. The molecule has 0 fully saturated rings. The molecule has 1 unspecified atom stereocenters. The number of thiophene rings is 2. The number of fused-ring (bicyclic) bond motifs is 40. The first kappa shape index (κ1) is 75.5. The number of furan rings is 1. The predicted molar refractivity (Wildman–Crippen MR) is 554 cm³/mol. The minimum Gasteiger partial charge on any atom is -0.457 e. The fourth-order valence-corrected chi connectivity index (χ4v) is 27.9. The van der Waals surface area contributed by atoms with Crippen LogP contribution in [0, 0.1) is 0 Å². The van der Waals surface area contributed by atoms with Crippen LogP contribution in [0.15, 0.2) is 461 Å². The SMILES string of the molecule is c1ccc2c(c1)-c1ccccc1C21c2cc(Nc3cccc4oc5ccccc5c34)ccc2Oc2cc3ccccc3cc21.c1ccc2c(c1)-c1ccccc1C21c2cc(Nc3cccc4sc5ccccc5c34)ccc2Sc2cc3ccccc3cc21.c1ccc2c(c1)Sc1cccc(Nc3cccc4sc5ccccc5c34)c1C21c2ccccc2-c2c1ccc1ccccc21. The predicted octanol–water partition coefficient (Wildman–Crippen LogP) is 34.5. The lowest BCUT2D eigenvalue weighted by Crippen LogP contribution is -2.32. The van der Waals surface area contributed by atoms with E-state index in [-0.39, 0.29) is 0 Å². The molecule has 3 aromatic heterocycles. The van der Waals surface area contributed by atoms with E-state index in [1.807, 2.05) is 70.5 Å². The summed E-state index contributed by atoms with van der Waals surface area (Å²) in [7, 11) is 0. The molecule has 1 atom stereocenters. The Bertz CT molecular complexity index is 8630. The Morgan fingerprint density at radius 3 is 1.27 bits per heavy atom. The third-order valence-electron chi connectivity index (χ3n) is 28.5. The van der Waals surface area contributed by atoms with Crippen molar-refractivity contribution < 1.29 is 9.15 Å². The number of hydrogen-bond donors (Lipinski definition) is 3. The Balaban J connectivity index is 0.0000000991. The largest absolute Gasteiger partial charge is 0.457 e. The van der Waals surface area contributed by atoms with Crippen molar-refractivity contribution in [2.45, 2.75) is 35.8 Å². The maximum absolute atomic E-state index is 6.78. The molecule has 3 N–H and O–H groups in total. The van der Waals surface area contributed by atoms with E-state index in [4.69, 9.17) is 9.15 Å². The number of rotatable bonds is 6. The number of para-hydroxylation sites is 1. The molecule has 9 heteroatoms. The molecule has 30 rings (SSSR count). The van der Waals surface area contributed by atoms with Gasteiger partial charge < -0.3 is 25.1 Å². The Kier molecular flexibility index (Phi) is 16.7. The van der Waals surface area contributed by atoms with Crippen LogP contribution in [0.3, 0.4) is 0 Å². The van der Waals surface area contributed by atoms with Crippen molar-refractivity contribution in [3.63, 3.8) is 0 Å². The van der Waals surface area contributed by atoms with Gasteiger partial charge in [0.15, 0.2) is 0 Å².